The van der Waals surface area contributed by atoms with Crippen molar-refractivity contribution in [2.75, 3.05) is 5.73 Å². The largest absolute Gasteiger partial charge is 0.476 e. The fraction of sp³-hybridized carbons (Fsp3) is 0.167. The van der Waals surface area contributed by atoms with Crippen LogP contribution in [-0.4, -0.2) is 26.1 Å². The Morgan fingerprint density at radius 1 is 1.45 bits per heavy atom. The number of nitrogens with zero attached hydrogens (tertiary/aromatic N) is 3. The van der Waals surface area contributed by atoms with Crippen LogP contribution in [0.5, 0.6) is 0 Å². The maximum absolute atomic E-state index is 11.1. The summed E-state index contributed by atoms with van der Waals surface area (Å²) in [6.07, 6.45) is -0.387. The van der Waals surface area contributed by atoms with Gasteiger partial charge in [-0.3, -0.25) is 0 Å². The molecule has 0 spiro atoms. The molecule has 0 aliphatic heterocycles. The summed E-state index contributed by atoms with van der Waals surface area (Å²) < 4.78 is 3.80. The molecule has 0 fully saturated rings. The Morgan fingerprint density at radius 3 is 2.70 bits per heavy atom. The predicted octanol–water partition coefficient (Wildman–Crippen LogP) is 1.69. The zero-order valence-corrected chi connectivity index (χ0v) is 11.4. The van der Waals surface area contributed by atoms with Gasteiger partial charge in [0.05, 0.1) is 0 Å². The van der Waals surface area contributed by atoms with E-state index in [0.29, 0.717) is 0 Å². The molecular formula is C12H12N4O3S. The maximum Gasteiger partial charge on any atom is 0.362 e. The highest BCUT2D eigenvalue weighted by Gasteiger charge is 2.19. The SMILES string of the molecule is CC(ON=C(C(=O)O)c1nsc(N)n1)c1ccccc1. The van der Waals surface area contributed by atoms with Crippen LogP contribution in [0.3, 0.4) is 0 Å². The lowest BCUT2D eigenvalue weighted by molar-refractivity contribution is -0.129. The fourth-order valence-electron chi connectivity index (χ4n) is 1.42. The first-order valence-corrected chi connectivity index (χ1v) is 6.47. The summed E-state index contributed by atoms with van der Waals surface area (Å²) in [6.45, 7) is 1.77. The summed E-state index contributed by atoms with van der Waals surface area (Å²) in [5.41, 5.74) is 5.93. The minimum absolute atomic E-state index is 0.0553. The van der Waals surface area contributed by atoms with Gasteiger partial charge in [-0.15, -0.1) is 0 Å². The van der Waals surface area contributed by atoms with E-state index in [9.17, 15) is 4.79 Å². The third-order valence-electron chi connectivity index (χ3n) is 2.43. The standard InChI is InChI=1S/C12H12N4O3S/c1-7(8-5-3-2-4-6-8)19-15-9(11(17)18)10-14-12(13)20-16-10/h2-7H,1H3,(H,17,18)(H2,13,14,16). The number of rotatable bonds is 5. The average molecular weight is 292 g/mol. The summed E-state index contributed by atoms with van der Waals surface area (Å²) in [7, 11) is 0. The smallest absolute Gasteiger partial charge is 0.362 e. The number of carboxylic acids is 1. The molecule has 1 aromatic heterocycles. The van der Waals surface area contributed by atoms with Gasteiger partial charge in [0.15, 0.2) is 5.13 Å². The van der Waals surface area contributed by atoms with Crippen molar-refractivity contribution in [3.05, 3.63) is 41.7 Å². The average Bonchev–Trinajstić information content (AvgIpc) is 2.86. The number of nitrogen functional groups attached to an aromatic ring is 1. The van der Waals surface area contributed by atoms with Gasteiger partial charge in [0.25, 0.3) is 0 Å². The zero-order chi connectivity index (χ0) is 14.5. The third kappa shape index (κ3) is 3.29. The number of nitrogens with two attached hydrogens (primary N) is 1. The van der Waals surface area contributed by atoms with Crippen molar-refractivity contribution in [2.24, 2.45) is 5.16 Å². The Bertz CT molecular complexity index is 627. The highest BCUT2D eigenvalue weighted by molar-refractivity contribution is 7.09. The van der Waals surface area contributed by atoms with Gasteiger partial charge in [0.1, 0.15) is 6.10 Å². The summed E-state index contributed by atoms with van der Waals surface area (Å²) >= 11 is 0.898. The third-order valence-corrected chi connectivity index (χ3v) is 2.97. The van der Waals surface area contributed by atoms with E-state index in [1.165, 1.54) is 0 Å². The molecule has 0 bridgehead atoms. The molecule has 3 N–H and O–H groups in total. The molecule has 1 aromatic carbocycles. The Hall–Kier alpha value is -2.48. The van der Waals surface area contributed by atoms with Crippen molar-refractivity contribution >= 4 is 28.3 Å². The van der Waals surface area contributed by atoms with Crippen molar-refractivity contribution in [3.8, 4) is 0 Å². The molecule has 1 unspecified atom stereocenters. The normalized spacial score (nSPS) is 12.9. The van der Waals surface area contributed by atoms with E-state index >= 15 is 0 Å². The van der Waals surface area contributed by atoms with Gasteiger partial charge >= 0.3 is 5.97 Å². The van der Waals surface area contributed by atoms with Crippen molar-refractivity contribution in [3.63, 3.8) is 0 Å². The van der Waals surface area contributed by atoms with Crippen molar-refractivity contribution in [2.45, 2.75) is 13.0 Å². The monoisotopic (exact) mass is 292 g/mol. The topological polar surface area (TPSA) is 111 Å². The van der Waals surface area contributed by atoms with Crippen molar-refractivity contribution in [1.82, 2.24) is 9.36 Å². The number of oxime groups is 1. The summed E-state index contributed by atoms with van der Waals surface area (Å²) in [4.78, 5) is 20.1. The van der Waals surface area contributed by atoms with Crippen LogP contribution in [0.25, 0.3) is 0 Å². The second kappa shape index (κ2) is 6.11. The number of anilines is 1. The fourth-order valence-corrected chi connectivity index (χ4v) is 1.86. The highest BCUT2D eigenvalue weighted by atomic mass is 32.1. The molecule has 0 saturated carbocycles. The number of benzene rings is 1. The quantitative estimate of drug-likeness (QED) is 0.640. The molecule has 1 heterocycles. The number of aromatic nitrogens is 2. The van der Waals surface area contributed by atoms with E-state index in [4.69, 9.17) is 15.7 Å². The molecule has 0 aliphatic carbocycles. The molecule has 7 nitrogen and oxygen atoms in total. The molecule has 0 amide bonds. The molecule has 1 atom stereocenters. The Labute approximate surface area is 118 Å². The van der Waals surface area contributed by atoms with Gasteiger partial charge in [-0.05, 0) is 12.5 Å². The first kappa shape index (κ1) is 13.9. The van der Waals surface area contributed by atoms with Gasteiger partial charge in [-0.2, -0.15) is 9.36 Å². The second-order valence-corrected chi connectivity index (χ2v) is 4.64. The predicted molar refractivity (Wildman–Crippen MR) is 74.4 cm³/mol. The van der Waals surface area contributed by atoms with E-state index < -0.39 is 5.97 Å². The molecule has 0 aliphatic rings. The second-order valence-electron chi connectivity index (χ2n) is 3.86. The number of carboxylic acid groups (broad SMARTS) is 1. The van der Waals surface area contributed by atoms with Crippen LogP contribution in [0, 0.1) is 0 Å². The van der Waals surface area contributed by atoms with Gasteiger partial charge in [0, 0.05) is 11.5 Å². The van der Waals surface area contributed by atoms with Crippen LogP contribution in [0.2, 0.25) is 0 Å². The molecule has 20 heavy (non-hydrogen) atoms. The molecule has 2 rings (SSSR count). The minimum atomic E-state index is -1.27. The van der Waals surface area contributed by atoms with Crippen LogP contribution in [-0.2, 0) is 9.63 Å². The van der Waals surface area contributed by atoms with E-state index in [1.54, 1.807) is 6.92 Å². The van der Waals surface area contributed by atoms with E-state index in [1.807, 2.05) is 30.3 Å². The lowest BCUT2D eigenvalue weighted by Crippen LogP contribution is -2.17. The Balaban J connectivity index is 2.17. The van der Waals surface area contributed by atoms with Crippen LogP contribution < -0.4 is 5.73 Å². The minimum Gasteiger partial charge on any atom is -0.476 e. The lowest BCUT2D eigenvalue weighted by Gasteiger charge is -2.09. The van der Waals surface area contributed by atoms with Gasteiger partial charge in [0.2, 0.25) is 11.5 Å². The van der Waals surface area contributed by atoms with E-state index in [-0.39, 0.29) is 22.8 Å². The lowest BCUT2D eigenvalue weighted by atomic mass is 10.1. The number of carbonyl (C=O) groups is 1. The first-order chi connectivity index (χ1) is 9.58. The number of hydrogen-bond acceptors (Lipinski definition) is 7. The van der Waals surface area contributed by atoms with Crippen LogP contribution in [0.15, 0.2) is 35.5 Å². The molecule has 0 radical (unpaired) electrons. The van der Waals surface area contributed by atoms with Crippen LogP contribution in [0.1, 0.15) is 24.4 Å². The van der Waals surface area contributed by atoms with E-state index in [2.05, 4.69) is 14.5 Å². The summed E-state index contributed by atoms with van der Waals surface area (Å²) in [5.74, 6) is -1.33. The summed E-state index contributed by atoms with van der Waals surface area (Å²) in [5, 5.41) is 12.9. The highest BCUT2D eigenvalue weighted by Crippen LogP contribution is 2.17. The molecule has 0 saturated heterocycles. The Morgan fingerprint density at radius 2 is 2.15 bits per heavy atom. The Kier molecular flexibility index (Phi) is 4.26. The summed E-state index contributed by atoms with van der Waals surface area (Å²) in [6, 6.07) is 9.32. The molecule has 8 heteroatoms. The van der Waals surface area contributed by atoms with Crippen LogP contribution in [0.4, 0.5) is 5.13 Å². The maximum atomic E-state index is 11.1. The van der Waals surface area contributed by atoms with E-state index in [0.717, 1.165) is 17.1 Å². The molecular weight excluding hydrogens is 280 g/mol. The zero-order valence-electron chi connectivity index (χ0n) is 10.6. The van der Waals surface area contributed by atoms with Gasteiger partial charge < -0.3 is 15.7 Å². The first-order valence-electron chi connectivity index (χ1n) is 5.69. The molecule has 2 aromatic rings. The van der Waals surface area contributed by atoms with Gasteiger partial charge in [-0.1, -0.05) is 35.5 Å². The van der Waals surface area contributed by atoms with Crippen molar-refractivity contribution < 1.29 is 14.7 Å². The number of aliphatic carboxylic acids is 1. The number of hydrogen-bond donors (Lipinski definition) is 2. The van der Waals surface area contributed by atoms with Gasteiger partial charge in [-0.25, -0.2) is 4.79 Å². The van der Waals surface area contributed by atoms with Crippen molar-refractivity contribution in [1.29, 1.82) is 0 Å². The van der Waals surface area contributed by atoms with Crippen LogP contribution >= 0.6 is 11.5 Å². The molecule has 104 valence electrons.